The molecule has 1 fully saturated rings. The van der Waals surface area contributed by atoms with E-state index in [0.717, 1.165) is 18.7 Å². The molecule has 0 aliphatic carbocycles. The Labute approximate surface area is 168 Å². The summed E-state index contributed by atoms with van der Waals surface area (Å²) in [5.74, 6) is -0.962. The van der Waals surface area contributed by atoms with Crippen LogP contribution in [-0.4, -0.2) is 34.9 Å². The van der Waals surface area contributed by atoms with Crippen LogP contribution in [0.15, 0.2) is 42.6 Å². The lowest BCUT2D eigenvalue weighted by Crippen LogP contribution is -2.47. The van der Waals surface area contributed by atoms with E-state index in [-0.39, 0.29) is 12.1 Å². The van der Waals surface area contributed by atoms with Crippen molar-refractivity contribution in [1.82, 2.24) is 15.2 Å². The summed E-state index contributed by atoms with van der Waals surface area (Å²) in [5.41, 5.74) is -2.86. The minimum Gasteiger partial charge on any atom is -0.348 e. The zero-order valence-electron chi connectivity index (χ0n) is 15.7. The highest BCUT2D eigenvalue weighted by Crippen LogP contribution is 2.36. The summed E-state index contributed by atoms with van der Waals surface area (Å²) in [7, 11) is 0. The SMILES string of the molecule is O=C(N[C@H]1CCCN(Cc2ccccn2)C1)c1cc(C(F)(F)F)cc(C(F)(F)F)c1. The second kappa shape index (κ2) is 8.63. The lowest BCUT2D eigenvalue weighted by molar-refractivity contribution is -0.143. The van der Waals surface area contributed by atoms with Crippen LogP contribution in [0.2, 0.25) is 0 Å². The van der Waals surface area contributed by atoms with Crippen molar-refractivity contribution in [2.75, 3.05) is 13.1 Å². The maximum absolute atomic E-state index is 13.0. The normalized spacial score (nSPS) is 18.3. The molecule has 1 aliphatic rings. The Bertz CT molecular complexity index is 850. The van der Waals surface area contributed by atoms with Gasteiger partial charge in [0, 0.05) is 30.9 Å². The zero-order valence-corrected chi connectivity index (χ0v) is 15.7. The van der Waals surface area contributed by atoms with Gasteiger partial charge in [0.2, 0.25) is 0 Å². The van der Waals surface area contributed by atoms with Gasteiger partial charge in [-0.15, -0.1) is 0 Å². The fourth-order valence-electron chi connectivity index (χ4n) is 3.39. The van der Waals surface area contributed by atoms with Gasteiger partial charge in [-0.05, 0) is 49.7 Å². The maximum Gasteiger partial charge on any atom is 0.416 e. The molecule has 0 bridgehead atoms. The number of hydrogen-bond donors (Lipinski definition) is 1. The lowest BCUT2D eigenvalue weighted by Gasteiger charge is -2.33. The first-order valence-corrected chi connectivity index (χ1v) is 9.25. The first-order chi connectivity index (χ1) is 14.0. The minimum absolute atomic E-state index is 0.00594. The van der Waals surface area contributed by atoms with Crippen molar-refractivity contribution in [3.8, 4) is 0 Å². The summed E-state index contributed by atoms with van der Waals surface area (Å²) in [4.78, 5) is 18.7. The number of pyridine rings is 1. The van der Waals surface area contributed by atoms with Crippen molar-refractivity contribution in [1.29, 1.82) is 0 Å². The highest BCUT2D eigenvalue weighted by atomic mass is 19.4. The summed E-state index contributed by atoms with van der Waals surface area (Å²) in [6.07, 6.45) is -7.03. The van der Waals surface area contributed by atoms with E-state index in [4.69, 9.17) is 0 Å². The van der Waals surface area contributed by atoms with Crippen LogP contribution in [0.5, 0.6) is 0 Å². The topological polar surface area (TPSA) is 45.2 Å². The van der Waals surface area contributed by atoms with E-state index in [0.29, 0.717) is 31.6 Å². The molecule has 0 radical (unpaired) electrons. The van der Waals surface area contributed by atoms with E-state index in [2.05, 4.69) is 10.3 Å². The van der Waals surface area contributed by atoms with Crippen molar-refractivity contribution in [3.63, 3.8) is 0 Å². The largest absolute Gasteiger partial charge is 0.416 e. The Hall–Kier alpha value is -2.62. The summed E-state index contributed by atoms with van der Waals surface area (Å²) in [6.45, 7) is 1.72. The molecule has 2 aromatic rings. The number of alkyl halides is 6. The number of nitrogens with zero attached hydrogens (tertiary/aromatic N) is 2. The molecule has 4 nitrogen and oxygen atoms in total. The van der Waals surface area contributed by atoms with E-state index < -0.39 is 35.0 Å². The van der Waals surface area contributed by atoms with Crippen LogP contribution in [0.25, 0.3) is 0 Å². The molecule has 1 aromatic heterocycles. The number of aromatic nitrogens is 1. The highest BCUT2D eigenvalue weighted by molar-refractivity contribution is 5.94. The van der Waals surface area contributed by atoms with Gasteiger partial charge >= 0.3 is 12.4 Å². The van der Waals surface area contributed by atoms with Crippen LogP contribution >= 0.6 is 0 Å². The third-order valence-electron chi connectivity index (χ3n) is 4.80. The number of halogens is 6. The fraction of sp³-hybridized carbons (Fsp3) is 0.400. The fourth-order valence-corrected chi connectivity index (χ4v) is 3.39. The molecule has 10 heteroatoms. The van der Waals surface area contributed by atoms with Crippen LogP contribution < -0.4 is 5.32 Å². The van der Waals surface area contributed by atoms with Crippen LogP contribution in [-0.2, 0) is 18.9 Å². The summed E-state index contributed by atoms with van der Waals surface area (Å²) in [5, 5.41) is 2.57. The minimum atomic E-state index is -5.00. The monoisotopic (exact) mass is 431 g/mol. The Kier molecular flexibility index (Phi) is 6.35. The van der Waals surface area contributed by atoms with Crippen LogP contribution in [0.1, 0.15) is 40.0 Å². The predicted octanol–water partition coefficient (Wildman–Crippen LogP) is 4.51. The van der Waals surface area contributed by atoms with E-state index in [9.17, 15) is 31.1 Å². The highest BCUT2D eigenvalue weighted by Gasteiger charge is 2.37. The van der Waals surface area contributed by atoms with Crippen molar-refractivity contribution in [3.05, 3.63) is 65.0 Å². The number of likely N-dealkylation sites (tertiary alicyclic amines) is 1. The van der Waals surface area contributed by atoms with E-state index in [1.165, 1.54) is 0 Å². The Morgan fingerprint density at radius 2 is 1.73 bits per heavy atom. The van der Waals surface area contributed by atoms with Crippen LogP contribution in [0.4, 0.5) is 26.3 Å². The molecule has 30 heavy (non-hydrogen) atoms. The Balaban J connectivity index is 1.73. The number of carbonyl (C=O) groups excluding carboxylic acids is 1. The number of amides is 1. The molecule has 1 aromatic carbocycles. The molecule has 1 atom stereocenters. The van der Waals surface area contributed by atoms with E-state index >= 15 is 0 Å². The van der Waals surface area contributed by atoms with Gasteiger partial charge in [-0.25, -0.2) is 0 Å². The summed E-state index contributed by atoms with van der Waals surface area (Å²) >= 11 is 0. The number of piperidine rings is 1. The third-order valence-corrected chi connectivity index (χ3v) is 4.80. The van der Waals surface area contributed by atoms with Gasteiger partial charge < -0.3 is 5.32 Å². The molecular formula is C20H19F6N3O. The van der Waals surface area contributed by atoms with Crippen molar-refractivity contribution in [2.45, 2.75) is 37.8 Å². The van der Waals surface area contributed by atoms with E-state index in [1.54, 1.807) is 12.3 Å². The summed E-state index contributed by atoms with van der Waals surface area (Å²) < 4.78 is 78.0. The standard InChI is InChI=1S/C20H19F6N3O/c21-19(22,23)14-8-13(9-15(10-14)20(24,25)26)18(30)28-17-5-3-7-29(12-17)11-16-4-1-2-6-27-16/h1-2,4,6,8-10,17H,3,5,7,11-12H2,(H,28,30)/t17-/m0/s1. The van der Waals surface area contributed by atoms with Crippen LogP contribution in [0.3, 0.4) is 0 Å². The van der Waals surface area contributed by atoms with Gasteiger partial charge in [0.05, 0.1) is 16.8 Å². The van der Waals surface area contributed by atoms with E-state index in [1.807, 2.05) is 17.0 Å². The van der Waals surface area contributed by atoms with Gasteiger partial charge in [-0.2, -0.15) is 26.3 Å². The number of carbonyl (C=O) groups is 1. The Morgan fingerprint density at radius 3 is 2.30 bits per heavy atom. The second-order valence-electron chi connectivity index (χ2n) is 7.16. The summed E-state index contributed by atoms with van der Waals surface area (Å²) in [6, 6.07) is 5.98. The molecule has 0 saturated carbocycles. The van der Waals surface area contributed by atoms with Crippen molar-refractivity contribution in [2.24, 2.45) is 0 Å². The molecule has 1 aliphatic heterocycles. The number of nitrogens with one attached hydrogen (secondary N) is 1. The number of rotatable bonds is 4. The van der Waals surface area contributed by atoms with Gasteiger partial charge in [-0.1, -0.05) is 6.07 Å². The van der Waals surface area contributed by atoms with Crippen molar-refractivity contribution >= 4 is 5.91 Å². The number of benzene rings is 1. The molecule has 1 amide bonds. The third kappa shape index (κ3) is 5.71. The van der Waals surface area contributed by atoms with Crippen LogP contribution in [0, 0.1) is 0 Å². The first kappa shape index (κ1) is 22.1. The number of hydrogen-bond acceptors (Lipinski definition) is 3. The molecule has 3 rings (SSSR count). The molecular weight excluding hydrogens is 412 g/mol. The lowest BCUT2D eigenvalue weighted by atomic mass is 10.0. The molecule has 0 spiro atoms. The molecule has 1 N–H and O–H groups in total. The second-order valence-corrected chi connectivity index (χ2v) is 7.16. The predicted molar refractivity (Wildman–Crippen MR) is 96.4 cm³/mol. The molecule has 1 saturated heterocycles. The van der Waals surface area contributed by atoms with Gasteiger partial charge in [0.25, 0.3) is 5.91 Å². The maximum atomic E-state index is 13.0. The average Bonchev–Trinajstić information content (AvgIpc) is 2.67. The molecule has 0 unspecified atom stereocenters. The molecule has 162 valence electrons. The zero-order chi connectivity index (χ0) is 21.9. The first-order valence-electron chi connectivity index (χ1n) is 9.25. The smallest absolute Gasteiger partial charge is 0.348 e. The van der Waals surface area contributed by atoms with Gasteiger partial charge in [-0.3, -0.25) is 14.7 Å². The molecule has 2 heterocycles. The van der Waals surface area contributed by atoms with Crippen molar-refractivity contribution < 1.29 is 31.1 Å². The average molecular weight is 431 g/mol. The van der Waals surface area contributed by atoms with Gasteiger partial charge in [0.15, 0.2) is 0 Å². The van der Waals surface area contributed by atoms with Gasteiger partial charge in [0.1, 0.15) is 0 Å². The quantitative estimate of drug-likeness (QED) is 0.725. The Morgan fingerprint density at radius 1 is 1.07 bits per heavy atom.